The predicted octanol–water partition coefficient (Wildman–Crippen LogP) is 1.69. The Bertz CT molecular complexity index is 773. The van der Waals surface area contributed by atoms with Crippen LogP contribution in [0.5, 0.6) is 5.75 Å². The summed E-state index contributed by atoms with van der Waals surface area (Å²) < 4.78 is 7.60. The zero-order chi connectivity index (χ0) is 17.1. The number of aromatic nitrogens is 3. The lowest BCUT2D eigenvalue weighted by Gasteiger charge is -2.28. The highest BCUT2D eigenvalue weighted by molar-refractivity contribution is 5.77. The fourth-order valence-electron chi connectivity index (χ4n) is 2.68. The van der Waals surface area contributed by atoms with Gasteiger partial charge in [-0.25, -0.2) is 0 Å². The molecule has 7 heteroatoms. The zero-order valence-electron chi connectivity index (χ0n) is 13.8. The first kappa shape index (κ1) is 16.0. The number of carbonyl (C=O) groups is 1. The quantitative estimate of drug-likeness (QED) is 0.854. The number of nitrogens with zero attached hydrogens (tertiary/aromatic N) is 5. The van der Waals surface area contributed by atoms with Gasteiger partial charge in [0.2, 0.25) is 0 Å². The second-order valence-electron chi connectivity index (χ2n) is 6.02. The maximum Gasteiger partial charge on any atom is 0.260 e. The summed E-state index contributed by atoms with van der Waals surface area (Å²) in [5, 5.41) is 17.2. The van der Waals surface area contributed by atoms with E-state index in [0.717, 1.165) is 11.6 Å². The highest BCUT2D eigenvalue weighted by Crippen LogP contribution is 2.18. The molecule has 0 bridgehead atoms. The van der Waals surface area contributed by atoms with Gasteiger partial charge in [0.1, 0.15) is 11.6 Å². The van der Waals surface area contributed by atoms with Gasteiger partial charge in [-0.2, -0.15) is 5.26 Å². The smallest absolute Gasteiger partial charge is 0.260 e. The minimum Gasteiger partial charge on any atom is -0.484 e. The number of ether oxygens (including phenoxy) is 1. The number of benzene rings is 1. The van der Waals surface area contributed by atoms with Gasteiger partial charge in [-0.15, -0.1) is 10.2 Å². The maximum absolute atomic E-state index is 12.3. The molecule has 1 amide bonds. The summed E-state index contributed by atoms with van der Waals surface area (Å²) in [6.45, 7) is 5.92. The number of carbonyl (C=O) groups excluding carboxylic acids is 1. The number of rotatable bonds is 4. The molecule has 0 N–H and O–H groups in total. The average molecular weight is 325 g/mol. The van der Waals surface area contributed by atoms with Gasteiger partial charge in [-0.1, -0.05) is 13.8 Å². The molecule has 0 radical (unpaired) electrons. The Labute approximate surface area is 140 Å². The Morgan fingerprint density at radius 3 is 2.71 bits per heavy atom. The standard InChI is InChI=1S/C17H19N5O2/c1-12(2)17-20-19-15-10-21(7-8-22(15)17)16(23)11-24-14-5-3-13(9-18)4-6-14/h3-6,12H,7-8,10-11H2,1-2H3. The molecule has 124 valence electrons. The fourth-order valence-corrected chi connectivity index (χ4v) is 2.68. The Hall–Kier alpha value is -2.88. The van der Waals surface area contributed by atoms with Crippen molar-refractivity contribution in [1.29, 1.82) is 5.26 Å². The maximum atomic E-state index is 12.3. The molecule has 1 aliphatic heterocycles. The molecule has 0 saturated heterocycles. The Kier molecular flexibility index (Phi) is 4.47. The van der Waals surface area contributed by atoms with Crippen molar-refractivity contribution in [2.45, 2.75) is 32.9 Å². The third-order valence-corrected chi connectivity index (χ3v) is 4.00. The normalized spacial score (nSPS) is 13.5. The molecular weight excluding hydrogens is 306 g/mol. The molecule has 0 spiro atoms. The van der Waals surface area contributed by atoms with Gasteiger partial charge < -0.3 is 14.2 Å². The lowest BCUT2D eigenvalue weighted by atomic mass is 10.2. The first-order valence-electron chi connectivity index (χ1n) is 7.91. The van der Waals surface area contributed by atoms with E-state index in [1.54, 1.807) is 29.2 Å². The van der Waals surface area contributed by atoms with Gasteiger partial charge in [0.15, 0.2) is 12.4 Å². The molecule has 1 aliphatic rings. The van der Waals surface area contributed by atoms with Crippen LogP contribution in [0, 0.1) is 11.3 Å². The minimum atomic E-state index is -0.0836. The molecule has 0 fully saturated rings. The van der Waals surface area contributed by atoms with Crippen molar-refractivity contribution in [2.24, 2.45) is 0 Å². The molecule has 2 heterocycles. The molecule has 24 heavy (non-hydrogen) atoms. The van der Waals surface area contributed by atoms with E-state index >= 15 is 0 Å². The Morgan fingerprint density at radius 2 is 2.04 bits per heavy atom. The lowest BCUT2D eigenvalue weighted by molar-refractivity contribution is -0.134. The van der Waals surface area contributed by atoms with Crippen LogP contribution in [0.4, 0.5) is 0 Å². The van der Waals surface area contributed by atoms with Crippen LogP contribution in [0.2, 0.25) is 0 Å². The van der Waals surface area contributed by atoms with Crippen LogP contribution in [0.3, 0.4) is 0 Å². The van der Waals surface area contributed by atoms with E-state index in [1.807, 2.05) is 6.07 Å². The number of fused-ring (bicyclic) bond motifs is 1. The van der Waals surface area contributed by atoms with E-state index in [-0.39, 0.29) is 12.5 Å². The number of amides is 1. The largest absolute Gasteiger partial charge is 0.484 e. The second-order valence-corrected chi connectivity index (χ2v) is 6.02. The van der Waals surface area contributed by atoms with Crippen molar-refractivity contribution < 1.29 is 9.53 Å². The molecular formula is C17H19N5O2. The third kappa shape index (κ3) is 3.23. The van der Waals surface area contributed by atoms with Crippen molar-refractivity contribution in [3.63, 3.8) is 0 Å². The molecule has 2 aromatic rings. The number of hydrogen-bond acceptors (Lipinski definition) is 5. The fraction of sp³-hybridized carbons (Fsp3) is 0.412. The second kappa shape index (κ2) is 6.71. The molecule has 7 nitrogen and oxygen atoms in total. The van der Waals surface area contributed by atoms with Crippen LogP contribution >= 0.6 is 0 Å². The summed E-state index contributed by atoms with van der Waals surface area (Å²) in [4.78, 5) is 14.1. The van der Waals surface area contributed by atoms with Crippen LogP contribution in [0.1, 0.15) is 37.0 Å². The van der Waals surface area contributed by atoms with Crippen molar-refractivity contribution in [3.05, 3.63) is 41.5 Å². The highest BCUT2D eigenvalue weighted by atomic mass is 16.5. The van der Waals surface area contributed by atoms with Crippen molar-refractivity contribution in [3.8, 4) is 11.8 Å². The van der Waals surface area contributed by atoms with E-state index in [4.69, 9.17) is 10.00 Å². The number of hydrogen-bond donors (Lipinski definition) is 0. The summed E-state index contributed by atoms with van der Waals surface area (Å²) in [5.41, 5.74) is 0.560. The topological polar surface area (TPSA) is 84.0 Å². The van der Waals surface area contributed by atoms with E-state index in [0.29, 0.717) is 36.9 Å². The van der Waals surface area contributed by atoms with E-state index < -0.39 is 0 Å². The summed E-state index contributed by atoms with van der Waals surface area (Å²) in [7, 11) is 0. The summed E-state index contributed by atoms with van der Waals surface area (Å²) in [6, 6.07) is 8.75. The van der Waals surface area contributed by atoms with Crippen molar-refractivity contribution in [2.75, 3.05) is 13.2 Å². The first-order valence-corrected chi connectivity index (χ1v) is 7.91. The van der Waals surface area contributed by atoms with Crippen LogP contribution < -0.4 is 4.74 Å². The molecule has 0 atom stereocenters. The van der Waals surface area contributed by atoms with E-state index in [1.165, 1.54) is 0 Å². The van der Waals surface area contributed by atoms with Crippen molar-refractivity contribution in [1.82, 2.24) is 19.7 Å². The van der Waals surface area contributed by atoms with Gasteiger partial charge in [0.25, 0.3) is 5.91 Å². The minimum absolute atomic E-state index is 0.0307. The molecule has 1 aromatic heterocycles. The zero-order valence-corrected chi connectivity index (χ0v) is 13.8. The number of nitriles is 1. The van der Waals surface area contributed by atoms with Crippen molar-refractivity contribution >= 4 is 5.91 Å². The molecule has 3 rings (SSSR count). The third-order valence-electron chi connectivity index (χ3n) is 4.00. The molecule has 1 aromatic carbocycles. The summed E-state index contributed by atoms with van der Waals surface area (Å²) >= 11 is 0. The monoisotopic (exact) mass is 325 g/mol. The summed E-state index contributed by atoms with van der Waals surface area (Å²) in [5.74, 6) is 2.58. The van der Waals surface area contributed by atoms with Gasteiger partial charge in [-0.3, -0.25) is 4.79 Å². The Morgan fingerprint density at radius 1 is 1.29 bits per heavy atom. The lowest BCUT2D eigenvalue weighted by Crippen LogP contribution is -2.41. The molecule has 0 saturated carbocycles. The van der Waals surface area contributed by atoms with Crippen LogP contribution in [0.25, 0.3) is 0 Å². The van der Waals surface area contributed by atoms with Gasteiger partial charge >= 0.3 is 0 Å². The van der Waals surface area contributed by atoms with E-state index in [2.05, 4.69) is 28.6 Å². The molecule has 0 unspecified atom stereocenters. The van der Waals surface area contributed by atoms with Gasteiger partial charge in [0.05, 0.1) is 18.2 Å². The predicted molar refractivity (Wildman–Crippen MR) is 86.2 cm³/mol. The van der Waals surface area contributed by atoms with Gasteiger partial charge in [-0.05, 0) is 24.3 Å². The van der Waals surface area contributed by atoms with Gasteiger partial charge in [0, 0.05) is 19.0 Å². The van der Waals surface area contributed by atoms with E-state index in [9.17, 15) is 4.79 Å². The van der Waals surface area contributed by atoms with Crippen LogP contribution in [-0.4, -0.2) is 38.7 Å². The highest BCUT2D eigenvalue weighted by Gasteiger charge is 2.25. The van der Waals surface area contributed by atoms with Crippen LogP contribution in [-0.2, 0) is 17.9 Å². The first-order chi connectivity index (χ1) is 11.6. The Balaban J connectivity index is 1.59. The SMILES string of the molecule is CC(C)c1nnc2n1CCN(C(=O)COc1ccc(C#N)cc1)C2. The summed E-state index contributed by atoms with van der Waals surface area (Å²) in [6.07, 6.45) is 0. The molecule has 0 aliphatic carbocycles. The van der Waals surface area contributed by atoms with Crippen LogP contribution in [0.15, 0.2) is 24.3 Å². The average Bonchev–Trinajstić information content (AvgIpc) is 3.03.